The minimum atomic E-state index is -3.73. The molecule has 10 heteroatoms. The van der Waals surface area contributed by atoms with Crippen molar-refractivity contribution in [1.29, 1.82) is 5.26 Å². The number of amides is 1. The van der Waals surface area contributed by atoms with E-state index in [1.54, 1.807) is 23.1 Å². The molecule has 1 amide bonds. The molecule has 3 fully saturated rings. The summed E-state index contributed by atoms with van der Waals surface area (Å²) in [5.74, 6) is -1.11. The second-order valence-corrected chi connectivity index (χ2v) is 12.0. The van der Waals surface area contributed by atoms with Crippen LogP contribution in [0.3, 0.4) is 0 Å². The van der Waals surface area contributed by atoms with Crippen LogP contribution in [-0.2, 0) is 30.7 Å². The number of halogens is 1. The minimum absolute atomic E-state index is 0.0293. The van der Waals surface area contributed by atoms with Crippen LogP contribution >= 0.6 is 0 Å². The van der Waals surface area contributed by atoms with E-state index >= 15 is 4.39 Å². The Balaban J connectivity index is 1.52. The van der Waals surface area contributed by atoms with Crippen molar-refractivity contribution in [3.63, 3.8) is 0 Å². The van der Waals surface area contributed by atoms with Gasteiger partial charge < -0.3 is 14.4 Å². The maximum atomic E-state index is 15.8. The van der Waals surface area contributed by atoms with Crippen molar-refractivity contribution in [2.24, 2.45) is 5.41 Å². The van der Waals surface area contributed by atoms with Gasteiger partial charge in [-0.2, -0.15) is 5.26 Å². The highest BCUT2D eigenvalue weighted by Gasteiger charge is 2.64. The van der Waals surface area contributed by atoms with E-state index in [2.05, 4.69) is 4.72 Å². The number of hydrogen-bond donors (Lipinski definition) is 1. The van der Waals surface area contributed by atoms with Gasteiger partial charge in [0.25, 0.3) is 5.91 Å². The largest absolute Gasteiger partial charge is 0.384 e. The van der Waals surface area contributed by atoms with Crippen LogP contribution in [-0.4, -0.2) is 69.5 Å². The Hall–Kier alpha value is -2.84. The summed E-state index contributed by atoms with van der Waals surface area (Å²) < 4.78 is 54.9. The van der Waals surface area contributed by atoms with E-state index < -0.39 is 44.8 Å². The Morgan fingerprint density at radius 3 is 2.54 bits per heavy atom. The lowest BCUT2D eigenvalue weighted by molar-refractivity contribution is -0.172. The zero-order valence-electron chi connectivity index (χ0n) is 20.7. The predicted octanol–water partition coefficient (Wildman–Crippen LogP) is 2.64. The molecule has 1 spiro atoms. The smallest absolute Gasteiger partial charge is 0.270 e. The molecule has 1 N–H and O–H groups in total. The summed E-state index contributed by atoms with van der Waals surface area (Å²) in [6.07, 6.45) is 1.84. The van der Waals surface area contributed by atoms with Gasteiger partial charge in [-0.3, -0.25) is 4.79 Å². The molecule has 3 aliphatic rings. The molecule has 8 nitrogen and oxygen atoms in total. The monoisotopic (exact) mass is 527 g/mol. The number of nitrogens with zero attached hydrogens (tertiary/aromatic N) is 2. The fourth-order valence-electron chi connectivity index (χ4n) is 5.52. The summed E-state index contributed by atoms with van der Waals surface area (Å²) in [6, 6.07) is 15.0. The van der Waals surface area contributed by atoms with E-state index in [0.29, 0.717) is 24.3 Å². The first-order valence-corrected chi connectivity index (χ1v) is 14.1. The van der Waals surface area contributed by atoms with Gasteiger partial charge in [0.1, 0.15) is 11.9 Å². The average Bonchev–Trinajstić information content (AvgIpc) is 3.59. The van der Waals surface area contributed by atoms with Crippen molar-refractivity contribution in [2.75, 3.05) is 32.6 Å². The molecule has 2 aliphatic heterocycles. The number of rotatable bonds is 9. The Bertz CT molecular complexity index is 1320. The molecule has 37 heavy (non-hydrogen) atoms. The molecule has 0 aromatic heterocycles. The van der Waals surface area contributed by atoms with E-state index in [0.717, 1.165) is 18.4 Å². The molecule has 2 heterocycles. The molecular formula is C27H30FN3O5S. The van der Waals surface area contributed by atoms with Crippen molar-refractivity contribution in [3.8, 4) is 17.2 Å². The molecule has 2 aromatic rings. The fraction of sp³-hybridized carbons (Fsp3) is 0.481. The van der Waals surface area contributed by atoms with Gasteiger partial charge >= 0.3 is 0 Å². The third-order valence-electron chi connectivity index (χ3n) is 7.87. The van der Waals surface area contributed by atoms with E-state index in [1.165, 1.54) is 7.11 Å². The fourth-order valence-corrected chi connectivity index (χ4v) is 6.82. The molecule has 3 atom stereocenters. The highest BCUT2D eigenvalue weighted by molar-refractivity contribution is 7.89. The van der Waals surface area contributed by atoms with Gasteiger partial charge in [0.15, 0.2) is 0 Å². The molecule has 0 radical (unpaired) electrons. The van der Waals surface area contributed by atoms with Crippen molar-refractivity contribution in [2.45, 2.75) is 43.4 Å². The molecule has 5 rings (SSSR count). The van der Waals surface area contributed by atoms with Crippen LogP contribution in [0, 0.1) is 22.6 Å². The molecule has 196 valence electrons. The summed E-state index contributed by atoms with van der Waals surface area (Å²) in [5.41, 5.74) is -0.480. The molecule has 1 saturated carbocycles. The number of methoxy groups -OCH3 is 1. The van der Waals surface area contributed by atoms with E-state index in [9.17, 15) is 18.5 Å². The summed E-state index contributed by atoms with van der Waals surface area (Å²) in [5, 5.41) is 9.74. The van der Waals surface area contributed by atoms with Gasteiger partial charge in [0.2, 0.25) is 15.6 Å². The number of benzene rings is 2. The number of sulfonamides is 1. The zero-order valence-corrected chi connectivity index (χ0v) is 21.5. The molecule has 1 unspecified atom stereocenters. The Labute approximate surface area is 216 Å². The molecule has 0 bridgehead atoms. The third-order valence-corrected chi connectivity index (χ3v) is 9.18. The number of nitriles is 1. The van der Waals surface area contributed by atoms with Gasteiger partial charge in [-0.25, -0.2) is 17.5 Å². The van der Waals surface area contributed by atoms with Gasteiger partial charge in [0.05, 0.1) is 25.0 Å². The van der Waals surface area contributed by atoms with Crippen LogP contribution in [0.15, 0.2) is 48.5 Å². The first kappa shape index (κ1) is 25.8. The van der Waals surface area contributed by atoms with Crippen LogP contribution in [0.4, 0.5) is 4.39 Å². The SMILES string of the molecule is COCCS(=O)(=O)N[C@@H]1[C@H](Cc2cccc(-c3ccccc3)c2F)N(C(=O)C2(C#N)CCO2)CC12CC2. The number of carbonyl (C=O) groups is 1. The summed E-state index contributed by atoms with van der Waals surface area (Å²) in [4.78, 5) is 15.2. The molecule has 2 aromatic carbocycles. The van der Waals surface area contributed by atoms with E-state index in [4.69, 9.17) is 9.47 Å². The average molecular weight is 528 g/mol. The number of ether oxygens (including phenoxy) is 2. The van der Waals surface area contributed by atoms with Crippen molar-refractivity contribution in [3.05, 3.63) is 59.9 Å². The lowest BCUT2D eigenvalue weighted by atomic mass is 9.90. The maximum absolute atomic E-state index is 15.8. The second-order valence-electron chi connectivity index (χ2n) is 10.2. The highest BCUT2D eigenvalue weighted by Crippen LogP contribution is 2.56. The van der Waals surface area contributed by atoms with E-state index in [1.807, 2.05) is 36.4 Å². The Kier molecular flexibility index (Phi) is 6.83. The van der Waals surface area contributed by atoms with Crippen molar-refractivity contribution < 1.29 is 27.1 Å². The van der Waals surface area contributed by atoms with Crippen LogP contribution in [0.5, 0.6) is 0 Å². The summed E-state index contributed by atoms with van der Waals surface area (Å²) in [7, 11) is -2.30. The second kappa shape index (κ2) is 9.80. The van der Waals surface area contributed by atoms with Crippen LogP contribution < -0.4 is 4.72 Å². The van der Waals surface area contributed by atoms with Gasteiger partial charge in [-0.1, -0.05) is 48.5 Å². The standard InChI is InChI=1S/C27H30FN3O5S/c1-35-14-15-37(33,34)30-24-22(16-20-8-5-9-21(23(20)28)19-6-3-2-4-7-19)31(18-26(24)10-11-26)25(32)27(17-29)12-13-36-27/h2-9,22,24,30H,10-16,18H2,1H3/t22-,24+,27?/m0/s1. The lowest BCUT2D eigenvalue weighted by Crippen LogP contribution is -2.59. The van der Waals surface area contributed by atoms with E-state index in [-0.39, 0.29) is 25.2 Å². The van der Waals surface area contributed by atoms with Crippen LogP contribution in [0.25, 0.3) is 11.1 Å². The quantitative estimate of drug-likeness (QED) is 0.537. The van der Waals surface area contributed by atoms with Crippen LogP contribution in [0.1, 0.15) is 24.8 Å². The first-order chi connectivity index (χ1) is 17.7. The van der Waals surface area contributed by atoms with Gasteiger partial charge in [0, 0.05) is 37.1 Å². The number of hydrogen-bond acceptors (Lipinski definition) is 6. The third kappa shape index (κ3) is 4.77. The zero-order chi connectivity index (χ0) is 26.3. The number of carbonyl (C=O) groups excluding carboxylic acids is 1. The Morgan fingerprint density at radius 1 is 1.22 bits per heavy atom. The maximum Gasteiger partial charge on any atom is 0.270 e. The van der Waals surface area contributed by atoms with Crippen molar-refractivity contribution >= 4 is 15.9 Å². The molecular weight excluding hydrogens is 497 g/mol. The Morgan fingerprint density at radius 2 is 1.95 bits per heavy atom. The summed E-state index contributed by atoms with van der Waals surface area (Å²) in [6.45, 7) is 0.631. The molecule has 1 aliphatic carbocycles. The summed E-state index contributed by atoms with van der Waals surface area (Å²) >= 11 is 0. The predicted molar refractivity (Wildman–Crippen MR) is 134 cm³/mol. The van der Waals surface area contributed by atoms with Gasteiger partial charge in [-0.15, -0.1) is 0 Å². The normalized spacial score (nSPS) is 26.0. The highest BCUT2D eigenvalue weighted by atomic mass is 32.2. The van der Waals surface area contributed by atoms with Gasteiger partial charge in [-0.05, 0) is 30.4 Å². The topological polar surface area (TPSA) is 109 Å². The number of likely N-dealkylation sites (tertiary alicyclic amines) is 1. The van der Waals surface area contributed by atoms with Crippen molar-refractivity contribution in [1.82, 2.24) is 9.62 Å². The minimum Gasteiger partial charge on any atom is -0.384 e. The lowest BCUT2D eigenvalue weighted by Gasteiger charge is -2.39. The first-order valence-electron chi connectivity index (χ1n) is 12.4. The van der Waals surface area contributed by atoms with Crippen LogP contribution in [0.2, 0.25) is 0 Å². The molecule has 2 saturated heterocycles. The number of nitrogens with one attached hydrogen (secondary N) is 1.